The van der Waals surface area contributed by atoms with Crippen LogP contribution in [0.4, 0.5) is 5.69 Å². The number of rotatable bonds is 5. The molecule has 25 heavy (non-hydrogen) atoms. The zero-order valence-corrected chi connectivity index (χ0v) is 14.2. The number of hydrogen-bond donors (Lipinski definition) is 1. The van der Waals surface area contributed by atoms with E-state index in [1.54, 1.807) is 36.2 Å². The van der Waals surface area contributed by atoms with E-state index in [1.165, 1.54) is 24.0 Å². The molecule has 0 radical (unpaired) electrons. The molecule has 0 unspecified atom stereocenters. The van der Waals surface area contributed by atoms with Crippen molar-refractivity contribution in [3.8, 4) is 5.75 Å². The maximum absolute atomic E-state index is 12.7. The largest absolute Gasteiger partial charge is 0.482 e. The standard InChI is InChI=1S/C20H21NO4/c1-21(17-8-10-18(11-9-17)25-13-19(22)23)20(24)16-7-6-14-4-2-3-5-15(14)12-16/h6-12H,2-5,13H2,1H3,(H,22,23). The molecule has 0 heterocycles. The average Bonchev–Trinajstić information content (AvgIpc) is 2.65. The van der Waals surface area contributed by atoms with Crippen molar-refractivity contribution in [3.63, 3.8) is 0 Å². The second-order valence-corrected chi connectivity index (χ2v) is 6.23. The highest BCUT2D eigenvalue weighted by atomic mass is 16.5. The van der Waals surface area contributed by atoms with Gasteiger partial charge in [-0.15, -0.1) is 0 Å². The Hall–Kier alpha value is -2.82. The van der Waals surface area contributed by atoms with E-state index in [0.29, 0.717) is 11.3 Å². The van der Waals surface area contributed by atoms with E-state index >= 15 is 0 Å². The molecule has 1 amide bonds. The molecular weight excluding hydrogens is 318 g/mol. The van der Waals surface area contributed by atoms with E-state index in [2.05, 4.69) is 6.07 Å². The van der Waals surface area contributed by atoms with Gasteiger partial charge < -0.3 is 14.7 Å². The van der Waals surface area contributed by atoms with Crippen LogP contribution in [-0.2, 0) is 17.6 Å². The Morgan fingerprint density at radius 1 is 1.04 bits per heavy atom. The topological polar surface area (TPSA) is 66.8 Å². The summed E-state index contributed by atoms with van der Waals surface area (Å²) in [7, 11) is 1.73. The normalized spacial score (nSPS) is 13.0. The number of aliphatic carboxylic acids is 1. The number of aryl methyl sites for hydroxylation is 2. The Labute approximate surface area is 146 Å². The highest BCUT2D eigenvalue weighted by Crippen LogP contribution is 2.24. The van der Waals surface area contributed by atoms with Crippen LogP contribution in [0.25, 0.3) is 0 Å². The minimum Gasteiger partial charge on any atom is -0.482 e. The van der Waals surface area contributed by atoms with Crippen LogP contribution in [0.1, 0.15) is 34.3 Å². The van der Waals surface area contributed by atoms with Crippen LogP contribution in [0.15, 0.2) is 42.5 Å². The van der Waals surface area contributed by atoms with Crippen molar-refractivity contribution >= 4 is 17.6 Å². The summed E-state index contributed by atoms with van der Waals surface area (Å²) in [5, 5.41) is 8.62. The maximum atomic E-state index is 12.7. The van der Waals surface area contributed by atoms with Gasteiger partial charge >= 0.3 is 5.97 Å². The SMILES string of the molecule is CN(C(=O)c1ccc2c(c1)CCCC2)c1ccc(OCC(=O)O)cc1. The van der Waals surface area contributed by atoms with E-state index in [0.717, 1.165) is 18.5 Å². The van der Waals surface area contributed by atoms with Crippen LogP contribution in [0.3, 0.4) is 0 Å². The molecule has 0 bridgehead atoms. The lowest BCUT2D eigenvalue weighted by atomic mass is 9.90. The Balaban J connectivity index is 1.72. The first kappa shape index (κ1) is 17.0. The second-order valence-electron chi connectivity index (χ2n) is 6.23. The lowest BCUT2D eigenvalue weighted by Gasteiger charge is -2.20. The summed E-state index contributed by atoms with van der Waals surface area (Å²) >= 11 is 0. The third kappa shape index (κ3) is 3.99. The van der Waals surface area contributed by atoms with Crippen molar-refractivity contribution in [2.45, 2.75) is 25.7 Å². The molecule has 0 aliphatic heterocycles. The van der Waals surface area contributed by atoms with Crippen molar-refractivity contribution < 1.29 is 19.4 Å². The van der Waals surface area contributed by atoms with E-state index in [-0.39, 0.29) is 12.5 Å². The number of hydrogen-bond acceptors (Lipinski definition) is 3. The van der Waals surface area contributed by atoms with Gasteiger partial charge in [0.05, 0.1) is 0 Å². The molecule has 5 nitrogen and oxygen atoms in total. The Morgan fingerprint density at radius 2 is 1.72 bits per heavy atom. The molecule has 2 aromatic carbocycles. The second kappa shape index (κ2) is 7.38. The first-order chi connectivity index (χ1) is 12.0. The van der Waals surface area contributed by atoms with Crippen LogP contribution in [0.5, 0.6) is 5.75 Å². The van der Waals surface area contributed by atoms with Gasteiger partial charge in [0, 0.05) is 18.3 Å². The van der Waals surface area contributed by atoms with Gasteiger partial charge in [-0.05, 0) is 73.2 Å². The minimum atomic E-state index is -1.02. The van der Waals surface area contributed by atoms with Gasteiger partial charge in [0.15, 0.2) is 6.61 Å². The summed E-state index contributed by atoms with van der Waals surface area (Å²) in [5.74, 6) is -0.628. The third-order valence-electron chi connectivity index (χ3n) is 4.49. The molecule has 0 spiro atoms. The fourth-order valence-corrected chi connectivity index (χ4v) is 3.09. The first-order valence-electron chi connectivity index (χ1n) is 8.39. The molecule has 1 aliphatic rings. The summed E-state index contributed by atoms with van der Waals surface area (Å²) < 4.78 is 5.11. The van der Waals surface area contributed by atoms with E-state index in [4.69, 9.17) is 9.84 Å². The van der Waals surface area contributed by atoms with Gasteiger partial charge in [-0.25, -0.2) is 4.79 Å². The molecule has 2 aromatic rings. The van der Waals surface area contributed by atoms with Gasteiger partial charge in [0.1, 0.15) is 5.75 Å². The number of anilines is 1. The van der Waals surface area contributed by atoms with Crippen molar-refractivity contribution in [1.82, 2.24) is 0 Å². The van der Waals surface area contributed by atoms with Gasteiger partial charge in [0.2, 0.25) is 0 Å². The Morgan fingerprint density at radius 3 is 2.40 bits per heavy atom. The zero-order chi connectivity index (χ0) is 17.8. The lowest BCUT2D eigenvalue weighted by Crippen LogP contribution is -2.26. The van der Waals surface area contributed by atoms with Crippen molar-refractivity contribution in [2.24, 2.45) is 0 Å². The third-order valence-corrected chi connectivity index (χ3v) is 4.49. The first-order valence-corrected chi connectivity index (χ1v) is 8.39. The molecule has 5 heteroatoms. The predicted molar refractivity (Wildman–Crippen MR) is 95.4 cm³/mol. The molecule has 1 N–H and O–H groups in total. The molecule has 0 saturated heterocycles. The highest BCUT2D eigenvalue weighted by molar-refractivity contribution is 6.05. The summed E-state index contributed by atoms with van der Waals surface area (Å²) in [4.78, 5) is 24.9. The van der Waals surface area contributed by atoms with E-state index in [9.17, 15) is 9.59 Å². The van der Waals surface area contributed by atoms with E-state index in [1.807, 2.05) is 12.1 Å². The number of ether oxygens (including phenoxy) is 1. The number of amides is 1. The number of carboxylic acids is 1. The van der Waals surface area contributed by atoms with Crippen LogP contribution in [0.2, 0.25) is 0 Å². The van der Waals surface area contributed by atoms with Crippen LogP contribution in [0, 0.1) is 0 Å². The Kier molecular flexibility index (Phi) is 5.03. The number of nitrogens with zero attached hydrogens (tertiary/aromatic N) is 1. The van der Waals surface area contributed by atoms with Gasteiger partial charge in [-0.2, -0.15) is 0 Å². The van der Waals surface area contributed by atoms with Crippen LogP contribution >= 0.6 is 0 Å². The van der Waals surface area contributed by atoms with E-state index < -0.39 is 5.97 Å². The molecular formula is C20H21NO4. The molecule has 0 fully saturated rings. The number of carbonyl (C=O) groups excluding carboxylic acids is 1. The molecule has 3 rings (SSSR count). The van der Waals surface area contributed by atoms with Crippen LogP contribution in [-0.4, -0.2) is 30.6 Å². The van der Waals surface area contributed by atoms with Crippen LogP contribution < -0.4 is 9.64 Å². The number of carbonyl (C=O) groups is 2. The van der Waals surface area contributed by atoms with Crippen molar-refractivity contribution in [2.75, 3.05) is 18.6 Å². The maximum Gasteiger partial charge on any atom is 0.341 e. The molecule has 0 saturated carbocycles. The van der Waals surface area contributed by atoms with Crippen molar-refractivity contribution in [1.29, 1.82) is 0 Å². The van der Waals surface area contributed by atoms with Gasteiger partial charge in [-0.3, -0.25) is 4.79 Å². The highest BCUT2D eigenvalue weighted by Gasteiger charge is 2.17. The number of benzene rings is 2. The zero-order valence-electron chi connectivity index (χ0n) is 14.2. The quantitative estimate of drug-likeness (QED) is 0.907. The summed E-state index contributed by atoms with van der Waals surface area (Å²) in [6.45, 7) is -0.386. The monoisotopic (exact) mass is 339 g/mol. The fourth-order valence-electron chi connectivity index (χ4n) is 3.09. The van der Waals surface area contributed by atoms with Crippen molar-refractivity contribution in [3.05, 3.63) is 59.2 Å². The molecule has 0 aromatic heterocycles. The lowest BCUT2D eigenvalue weighted by molar-refractivity contribution is -0.139. The van der Waals surface area contributed by atoms with Gasteiger partial charge in [-0.1, -0.05) is 6.07 Å². The summed E-state index contributed by atoms with van der Waals surface area (Å²) in [6, 6.07) is 12.8. The molecule has 1 aliphatic carbocycles. The number of carboxylic acid groups (broad SMARTS) is 1. The summed E-state index contributed by atoms with van der Waals surface area (Å²) in [5.41, 5.74) is 4.05. The molecule has 0 atom stereocenters. The average molecular weight is 339 g/mol. The number of fused-ring (bicyclic) bond motifs is 1. The minimum absolute atomic E-state index is 0.0624. The summed E-state index contributed by atoms with van der Waals surface area (Å²) in [6.07, 6.45) is 4.53. The predicted octanol–water partition coefficient (Wildman–Crippen LogP) is 3.31. The Bertz CT molecular complexity index is 783. The molecule has 130 valence electrons. The fraction of sp³-hybridized carbons (Fsp3) is 0.300. The smallest absolute Gasteiger partial charge is 0.341 e. The van der Waals surface area contributed by atoms with Gasteiger partial charge in [0.25, 0.3) is 5.91 Å².